The van der Waals surface area contributed by atoms with Crippen LogP contribution in [0.4, 0.5) is 0 Å². The van der Waals surface area contributed by atoms with Gasteiger partial charge >= 0.3 is 0 Å². The molecule has 0 fully saturated rings. The molecule has 0 aromatic carbocycles. The molecule has 0 saturated heterocycles. The van der Waals surface area contributed by atoms with Crippen LogP contribution in [0.25, 0.3) is 0 Å². The number of carbonyl (C=O) groups is 1. The second kappa shape index (κ2) is 5.26. The van der Waals surface area contributed by atoms with Gasteiger partial charge < -0.3 is 4.90 Å². The number of aromatic nitrogens is 1. The first-order chi connectivity index (χ1) is 7.56. The molecule has 0 aliphatic heterocycles. The first-order valence-electron chi connectivity index (χ1n) is 5.15. The van der Waals surface area contributed by atoms with Gasteiger partial charge in [-0.25, -0.2) is 0 Å². The van der Waals surface area contributed by atoms with Crippen molar-refractivity contribution in [3.8, 4) is 6.07 Å². The van der Waals surface area contributed by atoms with Crippen LogP contribution in [0.5, 0.6) is 0 Å². The molecule has 4 nitrogen and oxygen atoms in total. The summed E-state index contributed by atoms with van der Waals surface area (Å²) < 4.78 is 0. The lowest BCUT2D eigenvalue weighted by atomic mass is 10.1. The van der Waals surface area contributed by atoms with E-state index in [1.54, 1.807) is 30.3 Å². The smallest absolute Gasteiger partial charge is 0.253 e. The second-order valence-corrected chi connectivity index (χ2v) is 3.88. The predicted molar refractivity (Wildman–Crippen MR) is 60.8 cm³/mol. The number of amides is 1. The highest BCUT2D eigenvalue weighted by molar-refractivity contribution is 5.94. The number of nitrogens with zero attached hydrogens (tertiary/aromatic N) is 3. The molecule has 0 saturated carbocycles. The van der Waals surface area contributed by atoms with Crippen molar-refractivity contribution < 1.29 is 4.79 Å². The van der Waals surface area contributed by atoms with E-state index in [-0.39, 0.29) is 18.4 Å². The van der Waals surface area contributed by atoms with Gasteiger partial charge in [-0.15, -0.1) is 0 Å². The number of hydrogen-bond acceptors (Lipinski definition) is 3. The molecule has 1 aromatic heterocycles. The Morgan fingerprint density at radius 3 is 2.88 bits per heavy atom. The summed E-state index contributed by atoms with van der Waals surface area (Å²) >= 11 is 0. The third-order valence-electron chi connectivity index (χ3n) is 2.42. The van der Waals surface area contributed by atoms with Crippen molar-refractivity contribution >= 4 is 5.91 Å². The van der Waals surface area contributed by atoms with Gasteiger partial charge in [0.15, 0.2) is 0 Å². The summed E-state index contributed by atoms with van der Waals surface area (Å²) in [6.45, 7) is 3.91. The molecule has 1 amide bonds. The van der Waals surface area contributed by atoms with Gasteiger partial charge in [-0.2, -0.15) is 5.26 Å². The van der Waals surface area contributed by atoms with E-state index in [2.05, 4.69) is 4.98 Å². The Balaban J connectivity index is 2.92. The van der Waals surface area contributed by atoms with Gasteiger partial charge in [-0.1, -0.05) is 0 Å². The molecule has 0 spiro atoms. The summed E-state index contributed by atoms with van der Waals surface area (Å²) in [5.41, 5.74) is 1.21. The molecule has 0 aliphatic carbocycles. The molecule has 0 unspecified atom stereocenters. The van der Waals surface area contributed by atoms with E-state index in [4.69, 9.17) is 5.26 Å². The summed E-state index contributed by atoms with van der Waals surface area (Å²) in [6.07, 6.45) is 1.79. The maximum atomic E-state index is 12.0. The van der Waals surface area contributed by atoms with Crippen LogP contribution in [-0.2, 0) is 6.42 Å². The molecular formula is C12H15N3O. The van der Waals surface area contributed by atoms with E-state index in [1.165, 1.54) is 0 Å². The average molecular weight is 217 g/mol. The van der Waals surface area contributed by atoms with Gasteiger partial charge in [-0.3, -0.25) is 9.78 Å². The monoisotopic (exact) mass is 217 g/mol. The quantitative estimate of drug-likeness (QED) is 0.773. The van der Waals surface area contributed by atoms with Crippen LogP contribution in [-0.4, -0.2) is 28.9 Å². The van der Waals surface area contributed by atoms with Gasteiger partial charge in [0, 0.05) is 24.8 Å². The molecule has 1 heterocycles. The summed E-state index contributed by atoms with van der Waals surface area (Å²) in [6, 6.07) is 5.51. The largest absolute Gasteiger partial charge is 0.339 e. The molecule has 1 rings (SSSR count). The fourth-order valence-corrected chi connectivity index (χ4v) is 1.23. The zero-order valence-electron chi connectivity index (χ0n) is 9.77. The van der Waals surface area contributed by atoms with Crippen LogP contribution in [0, 0.1) is 11.3 Å². The molecule has 0 N–H and O–H groups in total. The fourth-order valence-electron chi connectivity index (χ4n) is 1.23. The van der Waals surface area contributed by atoms with Gasteiger partial charge in [0.2, 0.25) is 0 Å². The van der Waals surface area contributed by atoms with E-state index in [0.717, 1.165) is 0 Å². The Morgan fingerprint density at radius 2 is 2.31 bits per heavy atom. The summed E-state index contributed by atoms with van der Waals surface area (Å²) in [4.78, 5) is 17.6. The SMILES string of the molecule is CC(C)N(C)C(=O)c1ccnc(CC#N)c1. The minimum atomic E-state index is -0.0448. The Bertz CT molecular complexity index is 421. The first-order valence-corrected chi connectivity index (χ1v) is 5.15. The predicted octanol–water partition coefficient (Wildman–Crippen LogP) is 1.63. The van der Waals surface area contributed by atoms with E-state index >= 15 is 0 Å². The lowest BCUT2D eigenvalue weighted by Gasteiger charge is -2.21. The van der Waals surface area contributed by atoms with E-state index in [0.29, 0.717) is 11.3 Å². The Hall–Kier alpha value is -1.89. The zero-order chi connectivity index (χ0) is 12.1. The molecular weight excluding hydrogens is 202 g/mol. The minimum absolute atomic E-state index is 0.0448. The van der Waals surface area contributed by atoms with Gasteiger partial charge in [0.1, 0.15) is 0 Å². The molecule has 16 heavy (non-hydrogen) atoms. The van der Waals surface area contributed by atoms with Crippen molar-refractivity contribution in [3.05, 3.63) is 29.6 Å². The van der Waals surface area contributed by atoms with Gasteiger partial charge in [0.05, 0.1) is 18.2 Å². The van der Waals surface area contributed by atoms with E-state index in [1.807, 2.05) is 19.9 Å². The third-order valence-corrected chi connectivity index (χ3v) is 2.42. The highest BCUT2D eigenvalue weighted by atomic mass is 16.2. The van der Waals surface area contributed by atoms with Crippen LogP contribution in [0.3, 0.4) is 0 Å². The van der Waals surface area contributed by atoms with Gasteiger partial charge in [-0.05, 0) is 26.0 Å². The summed E-state index contributed by atoms with van der Waals surface area (Å²) in [5.74, 6) is -0.0448. The maximum Gasteiger partial charge on any atom is 0.253 e. The Morgan fingerprint density at radius 1 is 1.62 bits per heavy atom. The molecule has 0 bridgehead atoms. The fraction of sp³-hybridized carbons (Fsp3) is 0.417. The molecule has 84 valence electrons. The van der Waals surface area contributed by atoms with E-state index in [9.17, 15) is 4.79 Å². The number of carbonyl (C=O) groups excluding carboxylic acids is 1. The highest BCUT2D eigenvalue weighted by Crippen LogP contribution is 2.07. The number of rotatable bonds is 3. The average Bonchev–Trinajstić information content (AvgIpc) is 2.28. The van der Waals surface area contributed by atoms with Crippen molar-refractivity contribution in [3.63, 3.8) is 0 Å². The lowest BCUT2D eigenvalue weighted by molar-refractivity contribution is 0.0754. The summed E-state index contributed by atoms with van der Waals surface area (Å²) in [7, 11) is 1.76. The molecule has 0 aliphatic rings. The number of hydrogen-bond donors (Lipinski definition) is 0. The molecule has 0 radical (unpaired) electrons. The first kappa shape index (κ1) is 12.2. The lowest BCUT2D eigenvalue weighted by Crippen LogP contribution is -2.33. The van der Waals surface area contributed by atoms with Crippen molar-refractivity contribution in [1.82, 2.24) is 9.88 Å². The Labute approximate surface area is 95.5 Å². The molecule has 0 atom stereocenters. The highest BCUT2D eigenvalue weighted by Gasteiger charge is 2.14. The van der Waals surface area contributed by atoms with Crippen LogP contribution < -0.4 is 0 Å². The molecule has 1 aromatic rings. The maximum absolute atomic E-state index is 12.0. The van der Waals surface area contributed by atoms with E-state index < -0.39 is 0 Å². The van der Waals surface area contributed by atoms with Crippen LogP contribution >= 0.6 is 0 Å². The number of pyridine rings is 1. The van der Waals surface area contributed by atoms with Crippen LogP contribution in [0.15, 0.2) is 18.3 Å². The van der Waals surface area contributed by atoms with Gasteiger partial charge in [0.25, 0.3) is 5.91 Å². The van der Waals surface area contributed by atoms with Crippen molar-refractivity contribution in [2.24, 2.45) is 0 Å². The summed E-state index contributed by atoms with van der Waals surface area (Å²) in [5, 5.41) is 8.56. The Kier molecular flexibility index (Phi) is 4.01. The third kappa shape index (κ3) is 2.80. The second-order valence-electron chi connectivity index (χ2n) is 3.88. The topological polar surface area (TPSA) is 57.0 Å². The normalized spacial score (nSPS) is 9.94. The molecule has 4 heteroatoms. The standard InChI is InChI=1S/C12H15N3O/c1-9(2)15(3)12(16)10-5-7-14-11(8-10)4-6-13/h5,7-9H,4H2,1-3H3. The van der Waals surface area contributed by atoms with Crippen molar-refractivity contribution in [2.75, 3.05) is 7.05 Å². The van der Waals surface area contributed by atoms with Crippen molar-refractivity contribution in [1.29, 1.82) is 5.26 Å². The van der Waals surface area contributed by atoms with Crippen LogP contribution in [0.2, 0.25) is 0 Å². The zero-order valence-corrected chi connectivity index (χ0v) is 9.77. The minimum Gasteiger partial charge on any atom is -0.339 e. The van der Waals surface area contributed by atoms with Crippen LogP contribution in [0.1, 0.15) is 29.9 Å². The number of nitriles is 1. The van der Waals surface area contributed by atoms with Crippen molar-refractivity contribution in [2.45, 2.75) is 26.3 Å².